The van der Waals surface area contributed by atoms with Crippen molar-refractivity contribution in [3.63, 3.8) is 0 Å². The number of nitrogens with one attached hydrogen (secondary N) is 1. The molecule has 0 radical (unpaired) electrons. The van der Waals surface area contributed by atoms with Crippen molar-refractivity contribution >= 4 is 27.3 Å². The number of sulfone groups is 1. The van der Waals surface area contributed by atoms with Crippen LogP contribution in [-0.4, -0.2) is 54.7 Å². The Labute approximate surface area is 226 Å². The van der Waals surface area contributed by atoms with Gasteiger partial charge in [0.2, 0.25) is 0 Å². The standard InChI is InChI=1S/C24H28ClF6N3O4S/c1-3-34-21(17-9-6-14(10-11-23(26,27)28)12-18(17)38-24(29,30)31)19(25)20(33-34)22(35)32-13-15-4-7-16(8-5-15)39(2,36)37/h6,9,12,15-16H,3-5,7-8,10-11,13H2,1-2H3,(H,32,35)/t15-,16-. The fourth-order valence-electron chi connectivity index (χ4n) is 4.57. The Morgan fingerprint density at radius 3 is 2.33 bits per heavy atom. The van der Waals surface area contributed by atoms with E-state index in [1.165, 1.54) is 17.0 Å². The van der Waals surface area contributed by atoms with E-state index in [2.05, 4.69) is 15.2 Å². The fraction of sp³-hybridized carbons (Fsp3) is 0.583. The Hall–Kier alpha value is -2.48. The largest absolute Gasteiger partial charge is 0.573 e. The predicted molar refractivity (Wildman–Crippen MR) is 132 cm³/mol. The number of hydrogen-bond acceptors (Lipinski definition) is 5. The topological polar surface area (TPSA) is 90.3 Å². The first-order valence-electron chi connectivity index (χ1n) is 12.2. The molecule has 1 aliphatic rings. The molecule has 7 nitrogen and oxygen atoms in total. The minimum Gasteiger partial charge on any atom is -0.405 e. The van der Waals surface area contributed by atoms with Crippen molar-refractivity contribution in [1.82, 2.24) is 15.1 Å². The van der Waals surface area contributed by atoms with Crippen molar-refractivity contribution < 1.29 is 44.3 Å². The average molecular weight is 604 g/mol. The molecular formula is C24H28ClF6N3O4S. The normalized spacial score (nSPS) is 18.7. The number of benzene rings is 1. The number of hydrogen-bond donors (Lipinski definition) is 1. The molecule has 1 aromatic heterocycles. The molecule has 1 N–H and O–H groups in total. The molecular weight excluding hydrogens is 576 g/mol. The summed E-state index contributed by atoms with van der Waals surface area (Å²) in [6, 6.07) is 3.26. The van der Waals surface area contributed by atoms with Crippen LogP contribution < -0.4 is 10.1 Å². The van der Waals surface area contributed by atoms with E-state index in [4.69, 9.17) is 11.6 Å². The van der Waals surface area contributed by atoms with E-state index >= 15 is 0 Å². The summed E-state index contributed by atoms with van der Waals surface area (Å²) in [4.78, 5) is 12.9. The van der Waals surface area contributed by atoms with Crippen LogP contribution in [0, 0.1) is 5.92 Å². The number of aryl methyl sites for hydroxylation is 2. The van der Waals surface area contributed by atoms with Crippen LogP contribution >= 0.6 is 11.6 Å². The highest BCUT2D eigenvalue weighted by Gasteiger charge is 2.35. The van der Waals surface area contributed by atoms with Crippen LogP contribution in [0.1, 0.15) is 55.1 Å². The van der Waals surface area contributed by atoms with Gasteiger partial charge in [-0.1, -0.05) is 17.7 Å². The highest BCUT2D eigenvalue weighted by molar-refractivity contribution is 7.91. The number of nitrogens with zero attached hydrogens (tertiary/aromatic N) is 2. The third-order valence-electron chi connectivity index (χ3n) is 6.58. The number of rotatable bonds is 9. The summed E-state index contributed by atoms with van der Waals surface area (Å²) in [6.07, 6.45) is -8.07. The zero-order valence-corrected chi connectivity index (χ0v) is 22.7. The molecule has 0 saturated heterocycles. The molecule has 15 heteroatoms. The number of ether oxygens (including phenoxy) is 1. The molecule has 39 heavy (non-hydrogen) atoms. The van der Waals surface area contributed by atoms with E-state index in [-0.39, 0.29) is 46.5 Å². The second-order valence-corrected chi connectivity index (χ2v) is 12.2. The summed E-state index contributed by atoms with van der Waals surface area (Å²) < 4.78 is 106. The van der Waals surface area contributed by atoms with Gasteiger partial charge in [-0.25, -0.2) is 8.42 Å². The molecule has 218 valence electrons. The van der Waals surface area contributed by atoms with Gasteiger partial charge in [0.25, 0.3) is 5.91 Å². The van der Waals surface area contributed by atoms with E-state index in [1.54, 1.807) is 6.92 Å². The first kappa shape index (κ1) is 31.1. The molecule has 1 amide bonds. The van der Waals surface area contributed by atoms with Crippen LogP contribution in [0.4, 0.5) is 26.3 Å². The SMILES string of the molecule is CCn1nc(C(=O)NC[C@H]2CC[C@H](S(C)(=O)=O)CC2)c(Cl)c1-c1ccc(CCC(F)(F)F)cc1OC(F)(F)F. The molecule has 0 atom stereocenters. The third-order valence-corrected chi connectivity index (χ3v) is 8.62. The minimum absolute atomic E-state index is 0.0300. The van der Waals surface area contributed by atoms with Gasteiger partial charge in [-0.15, -0.1) is 13.2 Å². The third kappa shape index (κ3) is 8.50. The van der Waals surface area contributed by atoms with Crippen LogP contribution in [0.15, 0.2) is 18.2 Å². The highest BCUT2D eigenvalue weighted by atomic mass is 35.5. The van der Waals surface area contributed by atoms with Gasteiger partial charge in [0.15, 0.2) is 5.69 Å². The van der Waals surface area contributed by atoms with Crippen molar-refractivity contribution in [2.75, 3.05) is 12.8 Å². The monoisotopic (exact) mass is 603 g/mol. The Morgan fingerprint density at radius 1 is 1.15 bits per heavy atom. The molecule has 1 aliphatic carbocycles. The number of carbonyl (C=O) groups excluding carboxylic acids is 1. The van der Waals surface area contributed by atoms with Crippen LogP contribution in [0.5, 0.6) is 5.75 Å². The zero-order chi connectivity index (χ0) is 29.2. The van der Waals surface area contributed by atoms with Gasteiger partial charge >= 0.3 is 12.5 Å². The molecule has 0 unspecified atom stereocenters. The smallest absolute Gasteiger partial charge is 0.405 e. The molecule has 1 aromatic carbocycles. The van der Waals surface area contributed by atoms with Gasteiger partial charge < -0.3 is 10.1 Å². The van der Waals surface area contributed by atoms with Crippen LogP contribution in [0.2, 0.25) is 5.02 Å². The minimum atomic E-state index is -5.14. The van der Waals surface area contributed by atoms with Gasteiger partial charge in [-0.2, -0.15) is 18.3 Å². The summed E-state index contributed by atoms with van der Waals surface area (Å²) in [7, 11) is -3.14. The quantitative estimate of drug-likeness (QED) is 0.358. The molecule has 0 aliphatic heterocycles. The molecule has 1 fully saturated rings. The van der Waals surface area contributed by atoms with Gasteiger partial charge in [0, 0.05) is 31.3 Å². The summed E-state index contributed by atoms with van der Waals surface area (Å²) in [5.41, 5.74) is -0.518. The van der Waals surface area contributed by atoms with Gasteiger partial charge in [-0.05, 0) is 62.6 Å². The lowest BCUT2D eigenvalue weighted by molar-refractivity contribution is -0.274. The Balaban J connectivity index is 1.84. The fourth-order valence-corrected chi connectivity index (χ4v) is 6.02. The molecule has 0 spiro atoms. The molecule has 2 aromatic rings. The summed E-state index contributed by atoms with van der Waals surface area (Å²) in [6.45, 7) is 1.96. The van der Waals surface area contributed by atoms with Crippen molar-refractivity contribution in [3.05, 3.63) is 34.5 Å². The second-order valence-electron chi connectivity index (χ2n) is 9.50. The average Bonchev–Trinajstić information content (AvgIpc) is 3.15. The Bertz CT molecular complexity index is 1290. The van der Waals surface area contributed by atoms with Crippen molar-refractivity contribution in [2.45, 2.75) is 69.8 Å². The maximum atomic E-state index is 13.2. The summed E-state index contributed by atoms with van der Waals surface area (Å²) in [5.74, 6) is -1.40. The maximum Gasteiger partial charge on any atom is 0.573 e. The zero-order valence-electron chi connectivity index (χ0n) is 21.1. The van der Waals surface area contributed by atoms with Crippen molar-refractivity contribution in [1.29, 1.82) is 0 Å². The maximum absolute atomic E-state index is 13.2. The van der Waals surface area contributed by atoms with E-state index in [0.717, 1.165) is 12.1 Å². The van der Waals surface area contributed by atoms with E-state index < -0.39 is 52.1 Å². The van der Waals surface area contributed by atoms with Gasteiger partial charge in [-0.3, -0.25) is 9.48 Å². The first-order valence-corrected chi connectivity index (χ1v) is 14.5. The first-order chi connectivity index (χ1) is 18.0. The predicted octanol–water partition coefficient (Wildman–Crippen LogP) is 5.95. The lowest BCUT2D eigenvalue weighted by Gasteiger charge is -2.27. The Morgan fingerprint density at radius 2 is 1.79 bits per heavy atom. The second kappa shape index (κ2) is 11.9. The van der Waals surface area contributed by atoms with Crippen molar-refractivity contribution in [2.24, 2.45) is 5.92 Å². The van der Waals surface area contributed by atoms with E-state index in [0.29, 0.717) is 25.7 Å². The molecule has 1 saturated carbocycles. The van der Waals surface area contributed by atoms with Crippen LogP contribution in [0.3, 0.4) is 0 Å². The van der Waals surface area contributed by atoms with E-state index in [1.807, 2.05) is 0 Å². The number of amides is 1. The number of carbonyl (C=O) groups is 1. The van der Waals surface area contributed by atoms with Crippen molar-refractivity contribution in [3.8, 4) is 17.0 Å². The molecule has 1 heterocycles. The summed E-state index contributed by atoms with van der Waals surface area (Å²) in [5, 5.41) is 6.20. The van der Waals surface area contributed by atoms with Gasteiger partial charge in [0.1, 0.15) is 15.6 Å². The summed E-state index contributed by atoms with van der Waals surface area (Å²) >= 11 is 6.44. The number of aromatic nitrogens is 2. The van der Waals surface area contributed by atoms with E-state index in [9.17, 15) is 39.6 Å². The lowest BCUT2D eigenvalue weighted by Crippen LogP contribution is -2.34. The molecule has 0 bridgehead atoms. The Kier molecular flexibility index (Phi) is 9.51. The lowest BCUT2D eigenvalue weighted by atomic mass is 9.89. The van der Waals surface area contributed by atoms with Gasteiger partial charge in [0.05, 0.1) is 16.0 Å². The van der Waals surface area contributed by atoms with Crippen LogP contribution in [-0.2, 0) is 22.8 Å². The highest BCUT2D eigenvalue weighted by Crippen LogP contribution is 2.40. The van der Waals surface area contributed by atoms with Crippen LogP contribution in [0.25, 0.3) is 11.3 Å². The molecule has 3 rings (SSSR count). The number of halogens is 7. The number of alkyl halides is 6.